The van der Waals surface area contributed by atoms with Gasteiger partial charge in [0.15, 0.2) is 0 Å². The Morgan fingerprint density at radius 2 is 1.87 bits per heavy atom. The van der Waals surface area contributed by atoms with Crippen LogP contribution >= 0.6 is 22.9 Å². The molecule has 0 aliphatic carbocycles. The maximum atomic E-state index is 12.7. The lowest BCUT2D eigenvalue weighted by atomic mass is 10.2. The van der Waals surface area contributed by atoms with Gasteiger partial charge in [0.25, 0.3) is 5.91 Å². The summed E-state index contributed by atoms with van der Waals surface area (Å²) < 4.78 is 0. The van der Waals surface area contributed by atoms with Crippen molar-refractivity contribution in [2.45, 2.75) is 6.92 Å². The molecule has 0 saturated carbocycles. The van der Waals surface area contributed by atoms with E-state index in [4.69, 9.17) is 11.6 Å². The lowest BCUT2D eigenvalue weighted by Crippen LogP contribution is -2.48. The first-order chi connectivity index (χ1) is 11.1. The predicted octanol–water partition coefficient (Wildman–Crippen LogP) is 2.69. The minimum absolute atomic E-state index is 0.00855. The van der Waals surface area contributed by atoms with E-state index in [1.54, 1.807) is 9.80 Å². The molecule has 2 amide bonds. The molecular formula is C16H16ClN3O2S. The van der Waals surface area contributed by atoms with Crippen molar-refractivity contribution in [3.8, 4) is 10.6 Å². The molecule has 3 rings (SSSR count). The summed E-state index contributed by atoms with van der Waals surface area (Å²) in [6, 6.07) is 7.43. The van der Waals surface area contributed by atoms with Crippen molar-refractivity contribution >= 4 is 35.3 Å². The number of halogens is 1. The van der Waals surface area contributed by atoms with E-state index in [9.17, 15) is 9.59 Å². The van der Waals surface area contributed by atoms with E-state index in [-0.39, 0.29) is 5.91 Å². The number of piperazine rings is 1. The minimum atomic E-state index is -0.00855. The summed E-state index contributed by atoms with van der Waals surface area (Å²) in [6.07, 6.45) is 0.832. The number of nitrogens with zero attached hydrogens (tertiary/aromatic N) is 3. The van der Waals surface area contributed by atoms with Crippen molar-refractivity contribution in [2.75, 3.05) is 26.2 Å². The third-order valence-corrected chi connectivity index (χ3v) is 5.28. The Hall–Kier alpha value is -1.92. The molecule has 7 heteroatoms. The van der Waals surface area contributed by atoms with Gasteiger partial charge in [-0.15, -0.1) is 11.3 Å². The van der Waals surface area contributed by atoms with Crippen molar-refractivity contribution in [1.82, 2.24) is 14.8 Å². The number of thiazole rings is 1. The van der Waals surface area contributed by atoms with Gasteiger partial charge in [0.05, 0.1) is 5.69 Å². The van der Waals surface area contributed by atoms with Gasteiger partial charge in [0.1, 0.15) is 9.88 Å². The zero-order chi connectivity index (χ0) is 16.4. The van der Waals surface area contributed by atoms with E-state index in [2.05, 4.69) is 4.98 Å². The number of benzene rings is 1. The van der Waals surface area contributed by atoms with Crippen LogP contribution in [0.2, 0.25) is 5.02 Å². The first-order valence-corrected chi connectivity index (χ1v) is 8.50. The smallest absolute Gasteiger partial charge is 0.265 e. The number of aryl methyl sites for hydroxylation is 1. The number of aromatic nitrogens is 1. The fraction of sp³-hybridized carbons (Fsp3) is 0.312. The number of hydrogen-bond acceptors (Lipinski definition) is 4. The van der Waals surface area contributed by atoms with E-state index in [1.807, 2.05) is 31.2 Å². The highest BCUT2D eigenvalue weighted by molar-refractivity contribution is 7.17. The van der Waals surface area contributed by atoms with Crippen LogP contribution in [0, 0.1) is 6.92 Å². The molecule has 1 fully saturated rings. The summed E-state index contributed by atoms with van der Waals surface area (Å²) >= 11 is 7.30. The quantitative estimate of drug-likeness (QED) is 0.800. The van der Waals surface area contributed by atoms with Crippen LogP contribution in [0.1, 0.15) is 15.4 Å². The van der Waals surface area contributed by atoms with Crippen LogP contribution in [0.25, 0.3) is 10.6 Å². The molecule has 23 heavy (non-hydrogen) atoms. The fourth-order valence-electron chi connectivity index (χ4n) is 2.48. The van der Waals surface area contributed by atoms with E-state index >= 15 is 0 Å². The Labute approximate surface area is 143 Å². The zero-order valence-electron chi connectivity index (χ0n) is 12.7. The summed E-state index contributed by atoms with van der Waals surface area (Å²) in [5.41, 5.74) is 1.69. The van der Waals surface area contributed by atoms with Gasteiger partial charge in [0.2, 0.25) is 6.41 Å². The van der Waals surface area contributed by atoms with Gasteiger partial charge in [0, 0.05) is 36.8 Å². The van der Waals surface area contributed by atoms with E-state index in [0.717, 1.165) is 22.7 Å². The van der Waals surface area contributed by atoms with Gasteiger partial charge in [-0.1, -0.05) is 23.7 Å². The van der Waals surface area contributed by atoms with Crippen molar-refractivity contribution in [3.05, 3.63) is 39.9 Å². The van der Waals surface area contributed by atoms with Crippen molar-refractivity contribution < 1.29 is 9.59 Å². The maximum absolute atomic E-state index is 12.7. The van der Waals surface area contributed by atoms with Gasteiger partial charge >= 0.3 is 0 Å². The number of amides is 2. The highest BCUT2D eigenvalue weighted by atomic mass is 35.5. The third-order valence-electron chi connectivity index (χ3n) is 3.83. The summed E-state index contributed by atoms with van der Waals surface area (Å²) in [5, 5.41) is 1.49. The number of hydrogen-bond donors (Lipinski definition) is 0. The lowest BCUT2D eigenvalue weighted by Gasteiger charge is -2.32. The largest absolute Gasteiger partial charge is 0.342 e. The second-order valence-electron chi connectivity index (χ2n) is 5.37. The second kappa shape index (κ2) is 6.68. The molecular weight excluding hydrogens is 334 g/mol. The summed E-state index contributed by atoms with van der Waals surface area (Å²) in [5.74, 6) is -0.00855. The zero-order valence-corrected chi connectivity index (χ0v) is 14.2. The van der Waals surface area contributed by atoms with Crippen LogP contribution in [-0.4, -0.2) is 53.3 Å². The molecule has 5 nitrogen and oxygen atoms in total. The average Bonchev–Trinajstić information content (AvgIpc) is 2.96. The molecule has 0 bridgehead atoms. The molecule has 2 aromatic rings. The number of rotatable bonds is 3. The summed E-state index contributed by atoms with van der Waals surface area (Å²) in [6.45, 7) is 4.13. The second-order valence-corrected chi connectivity index (χ2v) is 6.81. The highest BCUT2D eigenvalue weighted by Gasteiger charge is 2.25. The normalized spacial score (nSPS) is 14.9. The highest BCUT2D eigenvalue weighted by Crippen LogP contribution is 2.29. The molecule has 0 unspecified atom stereocenters. The molecule has 1 aliphatic rings. The van der Waals surface area contributed by atoms with Crippen LogP contribution in [-0.2, 0) is 4.79 Å². The van der Waals surface area contributed by atoms with Crippen molar-refractivity contribution in [1.29, 1.82) is 0 Å². The third kappa shape index (κ3) is 3.38. The van der Waals surface area contributed by atoms with Crippen LogP contribution in [0.3, 0.4) is 0 Å². The molecule has 0 N–H and O–H groups in total. The molecule has 0 spiro atoms. The predicted molar refractivity (Wildman–Crippen MR) is 90.8 cm³/mol. The molecule has 1 saturated heterocycles. The molecule has 0 radical (unpaired) electrons. The molecule has 0 atom stereocenters. The van der Waals surface area contributed by atoms with E-state index in [0.29, 0.717) is 36.1 Å². The van der Waals surface area contributed by atoms with Gasteiger partial charge in [-0.2, -0.15) is 0 Å². The number of carbonyl (C=O) groups excluding carboxylic acids is 2. The molecule has 1 aromatic heterocycles. The Morgan fingerprint density at radius 3 is 2.48 bits per heavy atom. The molecule has 1 aromatic carbocycles. The Bertz CT molecular complexity index is 721. The standard InChI is InChI=1S/C16H16ClN3O2S/c1-11-14(16(22)20-8-6-19(10-21)7-9-20)23-15(18-11)12-2-4-13(17)5-3-12/h2-5,10H,6-9H2,1H3. The van der Waals surface area contributed by atoms with Gasteiger partial charge < -0.3 is 9.80 Å². The maximum Gasteiger partial charge on any atom is 0.265 e. The van der Waals surface area contributed by atoms with Gasteiger partial charge in [-0.3, -0.25) is 9.59 Å². The topological polar surface area (TPSA) is 53.5 Å². The summed E-state index contributed by atoms with van der Waals surface area (Å²) in [7, 11) is 0. The van der Waals surface area contributed by atoms with Crippen molar-refractivity contribution in [3.63, 3.8) is 0 Å². The van der Waals surface area contributed by atoms with E-state index in [1.165, 1.54) is 11.3 Å². The molecule has 120 valence electrons. The Balaban J connectivity index is 1.79. The van der Waals surface area contributed by atoms with Crippen LogP contribution in [0.15, 0.2) is 24.3 Å². The van der Waals surface area contributed by atoms with Crippen LogP contribution in [0.4, 0.5) is 0 Å². The Morgan fingerprint density at radius 1 is 1.22 bits per heavy atom. The van der Waals surface area contributed by atoms with E-state index < -0.39 is 0 Å². The first-order valence-electron chi connectivity index (χ1n) is 7.30. The van der Waals surface area contributed by atoms with Crippen LogP contribution < -0.4 is 0 Å². The molecule has 2 heterocycles. The SMILES string of the molecule is Cc1nc(-c2ccc(Cl)cc2)sc1C(=O)N1CCN(C=O)CC1. The summed E-state index contributed by atoms with van der Waals surface area (Å²) in [4.78, 5) is 32.1. The van der Waals surface area contributed by atoms with Crippen molar-refractivity contribution in [2.24, 2.45) is 0 Å². The minimum Gasteiger partial charge on any atom is -0.342 e. The molecule has 1 aliphatic heterocycles. The van der Waals surface area contributed by atoms with Gasteiger partial charge in [-0.25, -0.2) is 4.98 Å². The lowest BCUT2D eigenvalue weighted by molar-refractivity contribution is -0.119. The monoisotopic (exact) mass is 349 g/mol. The average molecular weight is 350 g/mol. The first kappa shape index (κ1) is 16.0. The fourth-order valence-corrected chi connectivity index (χ4v) is 3.65. The van der Waals surface area contributed by atoms with Gasteiger partial charge in [-0.05, 0) is 19.1 Å². The number of carbonyl (C=O) groups is 2. The van der Waals surface area contributed by atoms with Crippen LogP contribution in [0.5, 0.6) is 0 Å². The Kier molecular flexibility index (Phi) is 4.63.